The van der Waals surface area contributed by atoms with Crippen LogP contribution in [-0.2, 0) is 9.84 Å². The summed E-state index contributed by atoms with van der Waals surface area (Å²) < 4.78 is 24.8. The van der Waals surface area contributed by atoms with Gasteiger partial charge in [-0.3, -0.25) is 0 Å². The van der Waals surface area contributed by atoms with E-state index in [0.717, 1.165) is 12.0 Å². The first-order valence-corrected chi connectivity index (χ1v) is 8.53. The van der Waals surface area contributed by atoms with E-state index in [0.29, 0.717) is 26.2 Å². The van der Waals surface area contributed by atoms with Crippen molar-refractivity contribution >= 4 is 37.4 Å². The lowest BCUT2D eigenvalue weighted by Gasteiger charge is -2.26. The Morgan fingerprint density at radius 1 is 1.24 bits per heavy atom. The lowest BCUT2D eigenvalue weighted by Crippen LogP contribution is -2.21. The molecule has 1 aromatic rings. The molecule has 1 saturated carbocycles. The van der Waals surface area contributed by atoms with Crippen molar-refractivity contribution in [2.45, 2.75) is 30.1 Å². The molecule has 1 aliphatic carbocycles. The van der Waals surface area contributed by atoms with Crippen molar-refractivity contribution < 1.29 is 8.42 Å². The van der Waals surface area contributed by atoms with E-state index < -0.39 is 9.84 Å². The summed E-state index contributed by atoms with van der Waals surface area (Å²) in [5.41, 5.74) is 0.937. The highest BCUT2D eigenvalue weighted by atomic mass is 79.9. The molecule has 0 spiro atoms. The van der Waals surface area contributed by atoms with Crippen molar-refractivity contribution in [3.63, 3.8) is 0 Å². The highest BCUT2D eigenvalue weighted by molar-refractivity contribution is 9.10. The second-order valence-corrected chi connectivity index (χ2v) is 8.19. The average Bonchev–Trinajstić information content (AvgIpc) is 3.05. The maximum Gasteiger partial charge on any atom is 0.178 e. The van der Waals surface area contributed by atoms with Crippen molar-refractivity contribution in [1.29, 1.82) is 0 Å². The zero-order valence-electron chi connectivity index (χ0n) is 9.12. The summed E-state index contributed by atoms with van der Waals surface area (Å²) in [6.45, 7) is 0. The predicted octanol–water partition coefficient (Wildman–Crippen LogP) is 3.77. The molecule has 1 aromatic carbocycles. The Morgan fingerprint density at radius 2 is 1.94 bits per heavy atom. The van der Waals surface area contributed by atoms with Gasteiger partial charge in [0.25, 0.3) is 0 Å². The van der Waals surface area contributed by atoms with Gasteiger partial charge in [0.15, 0.2) is 9.84 Å². The number of sulfone groups is 1. The Morgan fingerprint density at radius 3 is 2.59 bits per heavy atom. The van der Waals surface area contributed by atoms with Crippen LogP contribution in [0.4, 0.5) is 0 Å². The zero-order valence-corrected chi connectivity index (χ0v) is 12.3. The van der Waals surface area contributed by atoms with Crippen LogP contribution < -0.4 is 0 Å². The minimum Gasteiger partial charge on any atom is -0.224 e. The maximum atomic E-state index is 12.1. The van der Waals surface area contributed by atoms with Gasteiger partial charge in [-0.1, -0.05) is 11.6 Å². The number of benzene rings is 1. The number of halogens is 2. The minimum absolute atomic E-state index is 0.273. The van der Waals surface area contributed by atoms with Gasteiger partial charge in [-0.2, -0.15) is 0 Å². The van der Waals surface area contributed by atoms with Crippen LogP contribution in [0.5, 0.6) is 0 Å². The van der Waals surface area contributed by atoms with E-state index in [2.05, 4.69) is 15.9 Å². The van der Waals surface area contributed by atoms with E-state index in [4.69, 9.17) is 11.6 Å². The molecule has 3 rings (SSSR count). The molecule has 0 amide bonds. The number of hydrogen-bond donors (Lipinski definition) is 0. The van der Waals surface area contributed by atoms with E-state index in [1.165, 1.54) is 12.8 Å². The van der Waals surface area contributed by atoms with Gasteiger partial charge < -0.3 is 0 Å². The molecule has 5 heteroatoms. The molecule has 1 heterocycles. The molecular formula is C12H12BrClO2S. The van der Waals surface area contributed by atoms with Crippen LogP contribution >= 0.6 is 27.5 Å². The molecule has 1 atom stereocenters. The molecule has 0 saturated heterocycles. The third-order valence-corrected chi connectivity index (χ3v) is 6.67. The van der Waals surface area contributed by atoms with E-state index in [1.807, 2.05) is 6.07 Å². The average molecular weight is 336 g/mol. The van der Waals surface area contributed by atoms with Gasteiger partial charge in [0.05, 0.1) is 15.7 Å². The van der Waals surface area contributed by atoms with Gasteiger partial charge in [0.2, 0.25) is 0 Å². The Kier molecular flexibility index (Phi) is 2.80. The second-order valence-electron chi connectivity index (χ2n) is 4.86. The molecule has 0 N–H and O–H groups in total. The van der Waals surface area contributed by atoms with Crippen molar-refractivity contribution in [3.05, 3.63) is 27.2 Å². The molecule has 1 fully saturated rings. The monoisotopic (exact) mass is 334 g/mol. The maximum absolute atomic E-state index is 12.1. The largest absolute Gasteiger partial charge is 0.224 e. The summed E-state index contributed by atoms with van der Waals surface area (Å²) in [4.78, 5) is 0.483. The second kappa shape index (κ2) is 3.97. The molecule has 0 radical (unpaired) electrons. The zero-order chi connectivity index (χ0) is 12.2. The first kappa shape index (κ1) is 12.0. The van der Waals surface area contributed by atoms with E-state index in [9.17, 15) is 8.42 Å². The fourth-order valence-corrected chi connectivity index (χ4v) is 4.96. The van der Waals surface area contributed by atoms with Gasteiger partial charge in [0, 0.05) is 4.47 Å². The number of rotatable bonds is 1. The molecule has 1 unspecified atom stereocenters. The molecule has 1 aliphatic heterocycles. The standard InChI is InChI=1S/C12H12BrClO2S/c13-10-6-12-9(5-11(10)14)8(7-1-2-7)3-4-17(12,15)16/h5-8H,1-4H2. The first-order chi connectivity index (χ1) is 7.99. The molecule has 0 bridgehead atoms. The number of fused-ring (bicyclic) bond motifs is 1. The molecule has 2 aliphatic rings. The summed E-state index contributed by atoms with van der Waals surface area (Å²) in [6.07, 6.45) is 3.19. The van der Waals surface area contributed by atoms with Crippen LogP contribution in [0, 0.1) is 5.92 Å². The minimum atomic E-state index is -3.11. The third-order valence-electron chi connectivity index (χ3n) is 3.68. The van der Waals surface area contributed by atoms with Crippen LogP contribution in [0.2, 0.25) is 5.02 Å². The lowest BCUT2D eigenvalue weighted by atomic mass is 9.91. The molecule has 92 valence electrons. The summed E-state index contributed by atoms with van der Waals surface area (Å²) in [5.74, 6) is 1.33. The predicted molar refractivity (Wildman–Crippen MR) is 71.3 cm³/mol. The van der Waals surface area contributed by atoms with E-state index in [-0.39, 0.29) is 5.75 Å². The normalized spacial score (nSPS) is 26.6. The summed E-state index contributed by atoms with van der Waals surface area (Å²) in [5, 5.41) is 0.603. The van der Waals surface area contributed by atoms with Gasteiger partial charge in [-0.05, 0) is 64.7 Å². The van der Waals surface area contributed by atoms with Crippen LogP contribution in [-0.4, -0.2) is 14.2 Å². The topological polar surface area (TPSA) is 34.1 Å². The molecule has 0 aromatic heterocycles. The Balaban J connectivity index is 2.20. The van der Waals surface area contributed by atoms with Gasteiger partial charge in [0.1, 0.15) is 0 Å². The Labute approximate surface area is 114 Å². The Hall–Kier alpha value is -0.0600. The van der Waals surface area contributed by atoms with Crippen molar-refractivity contribution in [3.8, 4) is 0 Å². The molecule has 17 heavy (non-hydrogen) atoms. The highest BCUT2D eigenvalue weighted by Gasteiger charge is 2.39. The van der Waals surface area contributed by atoms with Gasteiger partial charge in [-0.15, -0.1) is 0 Å². The summed E-state index contributed by atoms with van der Waals surface area (Å²) in [7, 11) is -3.11. The van der Waals surface area contributed by atoms with E-state index >= 15 is 0 Å². The van der Waals surface area contributed by atoms with Crippen molar-refractivity contribution in [2.75, 3.05) is 5.75 Å². The van der Waals surface area contributed by atoms with Crippen molar-refractivity contribution in [1.82, 2.24) is 0 Å². The SMILES string of the molecule is O=S1(=O)CCC(C2CC2)c2cc(Cl)c(Br)cc21. The highest BCUT2D eigenvalue weighted by Crippen LogP contribution is 2.49. The third kappa shape index (κ3) is 2.04. The molecular weight excluding hydrogens is 324 g/mol. The Bertz CT molecular complexity index is 578. The fourth-order valence-electron chi connectivity index (χ4n) is 2.64. The van der Waals surface area contributed by atoms with Crippen molar-refractivity contribution in [2.24, 2.45) is 5.92 Å². The van der Waals surface area contributed by atoms with Crippen LogP contribution in [0.25, 0.3) is 0 Å². The van der Waals surface area contributed by atoms with E-state index in [1.54, 1.807) is 6.07 Å². The summed E-state index contributed by atoms with van der Waals surface area (Å²) in [6, 6.07) is 3.50. The van der Waals surface area contributed by atoms with Crippen LogP contribution in [0.1, 0.15) is 30.7 Å². The molecule has 2 nitrogen and oxygen atoms in total. The quantitative estimate of drug-likeness (QED) is 0.783. The van der Waals surface area contributed by atoms with Gasteiger partial charge in [-0.25, -0.2) is 8.42 Å². The first-order valence-electron chi connectivity index (χ1n) is 5.71. The lowest BCUT2D eigenvalue weighted by molar-refractivity contribution is 0.534. The fraction of sp³-hybridized carbons (Fsp3) is 0.500. The van der Waals surface area contributed by atoms with Crippen LogP contribution in [0.15, 0.2) is 21.5 Å². The van der Waals surface area contributed by atoms with Gasteiger partial charge >= 0.3 is 0 Å². The summed E-state index contributed by atoms with van der Waals surface area (Å²) >= 11 is 9.39. The smallest absolute Gasteiger partial charge is 0.178 e. The van der Waals surface area contributed by atoms with Crippen LogP contribution in [0.3, 0.4) is 0 Å². The number of hydrogen-bond acceptors (Lipinski definition) is 2.